The summed E-state index contributed by atoms with van der Waals surface area (Å²) in [7, 11) is 1.55. The highest BCUT2D eigenvalue weighted by atomic mass is 16.5. The average molecular weight is 496 g/mol. The minimum Gasteiger partial charge on any atom is -0.497 e. The van der Waals surface area contributed by atoms with Crippen molar-refractivity contribution in [2.75, 3.05) is 38.3 Å². The Balaban J connectivity index is 1.47. The number of amides is 2. The van der Waals surface area contributed by atoms with E-state index in [2.05, 4.69) is 20.6 Å². The van der Waals surface area contributed by atoms with Gasteiger partial charge in [0, 0.05) is 25.5 Å². The van der Waals surface area contributed by atoms with Crippen LogP contribution in [-0.4, -0.2) is 61.4 Å². The Morgan fingerprint density at radius 2 is 1.78 bits per heavy atom. The zero-order valence-electron chi connectivity index (χ0n) is 20.2. The number of carbonyl (C=O) groups excluding carboxylic acids is 3. The first kappa shape index (κ1) is 25.0. The number of ether oxygens (including phenoxy) is 3. The number of urea groups is 1. The Labute approximate surface area is 208 Å². The average Bonchev–Trinajstić information content (AvgIpc) is 2.92. The number of benzene rings is 1. The number of nitrogens with one attached hydrogen (secondary N) is 2. The molecule has 1 saturated heterocycles. The van der Waals surface area contributed by atoms with Crippen molar-refractivity contribution in [2.24, 2.45) is 5.92 Å². The minimum atomic E-state index is -0.772. The number of hydrogen-bond donors (Lipinski definition) is 2. The van der Waals surface area contributed by atoms with Crippen LogP contribution in [0.3, 0.4) is 0 Å². The third-order valence-corrected chi connectivity index (χ3v) is 6.12. The highest BCUT2D eigenvalue weighted by Crippen LogP contribution is 2.29. The van der Waals surface area contributed by atoms with Crippen molar-refractivity contribution >= 4 is 23.9 Å². The highest BCUT2D eigenvalue weighted by Gasteiger charge is 2.35. The number of piperidine rings is 1. The molecule has 4 rings (SSSR count). The number of carbonyl (C=O) groups is 3. The van der Waals surface area contributed by atoms with Crippen molar-refractivity contribution in [3.8, 4) is 5.75 Å². The van der Waals surface area contributed by atoms with Gasteiger partial charge in [0.05, 0.1) is 36.9 Å². The first-order valence-corrected chi connectivity index (χ1v) is 11.8. The van der Waals surface area contributed by atoms with E-state index < -0.39 is 18.0 Å². The second-order valence-corrected chi connectivity index (χ2v) is 8.34. The highest BCUT2D eigenvalue weighted by molar-refractivity contribution is 5.95. The van der Waals surface area contributed by atoms with E-state index in [1.54, 1.807) is 56.8 Å². The molecule has 0 aliphatic carbocycles. The number of hydrogen-bond acceptors (Lipinski definition) is 9. The van der Waals surface area contributed by atoms with Crippen LogP contribution in [0.15, 0.2) is 54.0 Å². The molecule has 1 aromatic carbocycles. The molecule has 2 aromatic rings. The third kappa shape index (κ3) is 5.73. The summed E-state index contributed by atoms with van der Waals surface area (Å²) in [6.07, 6.45) is 4.54. The normalized spacial score (nSPS) is 18.2. The fraction of sp³-hybridized carbons (Fsp3) is 0.400. The summed E-state index contributed by atoms with van der Waals surface area (Å²) < 4.78 is 16.0. The molecule has 1 fully saturated rings. The van der Waals surface area contributed by atoms with Crippen LogP contribution < -0.4 is 20.3 Å². The largest absolute Gasteiger partial charge is 0.497 e. The van der Waals surface area contributed by atoms with Crippen molar-refractivity contribution in [1.29, 1.82) is 0 Å². The molecule has 0 saturated carbocycles. The molecule has 0 radical (unpaired) electrons. The summed E-state index contributed by atoms with van der Waals surface area (Å²) in [6.45, 7) is 2.85. The maximum absolute atomic E-state index is 12.9. The number of nitrogens with zero attached hydrogens (tertiary/aromatic N) is 3. The van der Waals surface area contributed by atoms with E-state index in [-0.39, 0.29) is 36.4 Å². The van der Waals surface area contributed by atoms with E-state index in [9.17, 15) is 14.4 Å². The number of aromatic nitrogens is 2. The monoisotopic (exact) mass is 495 g/mol. The molecule has 2 aliphatic rings. The summed E-state index contributed by atoms with van der Waals surface area (Å²) in [5.41, 5.74) is 1.04. The van der Waals surface area contributed by atoms with E-state index >= 15 is 0 Å². The predicted molar refractivity (Wildman–Crippen MR) is 129 cm³/mol. The van der Waals surface area contributed by atoms with Gasteiger partial charge in [-0.15, -0.1) is 0 Å². The fourth-order valence-corrected chi connectivity index (χ4v) is 4.26. The molecule has 1 aromatic heterocycles. The molecule has 2 N–H and O–H groups in total. The van der Waals surface area contributed by atoms with Crippen LogP contribution in [0.2, 0.25) is 0 Å². The lowest BCUT2D eigenvalue weighted by molar-refractivity contribution is -0.148. The van der Waals surface area contributed by atoms with Gasteiger partial charge in [-0.05, 0) is 43.5 Å². The first-order valence-electron chi connectivity index (χ1n) is 11.8. The standard InChI is InChI=1S/C25H29N5O6/c1-3-35-23(32)20-19(28-25(33)29-21(20)16-5-7-18(34-2)8-6-16)15-36-22(31)17-9-13-30(14-10-17)24-26-11-4-12-27-24/h4-8,11-12,17,21H,3,9-10,13-15H2,1-2H3,(H2,28,29,33). The first-order chi connectivity index (χ1) is 17.5. The number of rotatable bonds is 8. The molecule has 190 valence electrons. The molecule has 2 amide bonds. The second-order valence-electron chi connectivity index (χ2n) is 8.34. The molecule has 0 spiro atoms. The minimum absolute atomic E-state index is 0.155. The SMILES string of the molecule is CCOC(=O)C1=C(COC(=O)C2CCN(c3ncccn3)CC2)NC(=O)NC1c1ccc(OC)cc1. The van der Waals surface area contributed by atoms with Crippen molar-refractivity contribution in [1.82, 2.24) is 20.6 Å². The van der Waals surface area contributed by atoms with E-state index in [4.69, 9.17) is 14.2 Å². The van der Waals surface area contributed by atoms with Crippen LogP contribution >= 0.6 is 0 Å². The maximum Gasteiger partial charge on any atom is 0.338 e. The molecule has 3 heterocycles. The summed E-state index contributed by atoms with van der Waals surface area (Å²) in [6, 6.07) is 7.45. The van der Waals surface area contributed by atoms with Gasteiger partial charge in [0.2, 0.25) is 5.95 Å². The van der Waals surface area contributed by atoms with Gasteiger partial charge in [-0.3, -0.25) is 4.79 Å². The molecule has 0 bridgehead atoms. The molecule has 1 unspecified atom stereocenters. The Kier molecular flexibility index (Phi) is 7.99. The number of anilines is 1. The molecular formula is C25H29N5O6. The van der Waals surface area contributed by atoms with Crippen LogP contribution in [0, 0.1) is 5.92 Å². The van der Waals surface area contributed by atoms with Crippen molar-refractivity contribution in [3.05, 3.63) is 59.6 Å². The Hall–Kier alpha value is -4.15. The van der Waals surface area contributed by atoms with Crippen LogP contribution in [0.5, 0.6) is 5.75 Å². The number of methoxy groups -OCH3 is 1. The van der Waals surface area contributed by atoms with Gasteiger partial charge in [-0.25, -0.2) is 19.6 Å². The summed E-state index contributed by atoms with van der Waals surface area (Å²) in [4.78, 5) is 48.7. The molecule has 11 heteroatoms. The third-order valence-electron chi connectivity index (χ3n) is 6.12. The quantitative estimate of drug-likeness (QED) is 0.529. The summed E-state index contributed by atoms with van der Waals surface area (Å²) >= 11 is 0. The van der Waals surface area contributed by atoms with Gasteiger partial charge >= 0.3 is 18.0 Å². The molecule has 1 atom stereocenters. The van der Waals surface area contributed by atoms with Crippen LogP contribution in [0.1, 0.15) is 31.4 Å². The topological polar surface area (TPSA) is 132 Å². The van der Waals surface area contributed by atoms with E-state index in [0.717, 1.165) is 0 Å². The summed E-state index contributed by atoms with van der Waals surface area (Å²) in [5.74, 6) is -0.0113. The van der Waals surface area contributed by atoms with Gasteiger partial charge in [-0.1, -0.05) is 12.1 Å². The predicted octanol–water partition coefficient (Wildman–Crippen LogP) is 2.12. The second kappa shape index (κ2) is 11.5. The van der Waals surface area contributed by atoms with E-state index in [0.29, 0.717) is 43.2 Å². The molecule has 11 nitrogen and oxygen atoms in total. The molecule has 36 heavy (non-hydrogen) atoms. The Bertz CT molecular complexity index is 1110. The smallest absolute Gasteiger partial charge is 0.338 e. The molecule has 2 aliphatic heterocycles. The van der Waals surface area contributed by atoms with Gasteiger partial charge in [0.25, 0.3) is 0 Å². The van der Waals surface area contributed by atoms with E-state index in [1.807, 2.05) is 4.90 Å². The van der Waals surface area contributed by atoms with Gasteiger partial charge in [-0.2, -0.15) is 0 Å². The lowest BCUT2D eigenvalue weighted by Gasteiger charge is -2.31. The maximum atomic E-state index is 12.9. The molecular weight excluding hydrogens is 466 g/mol. The van der Waals surface area contributed by atoms with Crippen LogP contribution in [0.4, 0.5) is 10.7 Å². The number of esters is 2. The van der Waals surface area contributed by atoms with Crippen molar-refractivity contribution < 1.29 is 28.6 Å². The Morgan fingerprint density at radius 1 is 1.08 bits per heavy atom. The van der Waals surface area contributed by atoms with Crippen molar-refractivity contribution in [2.45, 2.75) is 25.8 Å². The lowest BCUT2D eigenvalue weighted by Crippen LogP contribution is -2.47. The summed E-state index contributed by atoms with van der Waals surface area (Å²) in [5, 5.41) is 5.37. The van der Waals surface area contributed by atoms with Crippen LogP contribution in [-0.2, 0) is 19.1 Å². The van der Waals surface area contributed by atoms with Crippen LogP contribution in [0.25, 0.3) is 0 Å². The van der Waals surface area contributed by atoms with E-state index in [1.165, 1.54) is 0 Å². The zero-order chi connectivity index (χ0) is 25.5. The zero-order valence-corrected chi connectivity index (χ0v) is 20.2. The van der Waals surface area contributed by atoms with Gasteiger partial charge in [0.15, 0.2) is 0 Å². The fourth-order valence-electron chi connectivity index (χ4n) is 4.26. The van der Waals surface area contributed by atoms with Gasteiger partial charge < -0.3 is 29.7 Å². The van der Waals surface area contributed by atoms with Gasteiger partial charge in [0.1, 0.15) is 12.4 Å². The van der Waals surface area contributed by atoms with Crippen molar-refractivity contribution in [3.63, 3.8) is 0 Å². The Morgan fingerprint density at radius 3 is 2.42 bits per heavy atom. The lowest BCUT2D eigenvalue weighted by atomic mass is 9.95.